The highest BCUT2D eigenvalue weighted by atomic mass is 16.2. The average Bonchev–Trinajstić information content (AvgIpc) is 2.47. The summed E-state index contributed by atoms with van der Waals surface area (Å²) in [5.74, 6) is -0.0330. The molecule has 0 heterocycles. The van der Waals surface area contributed by atoms with E-state index in [1.165, 1.54) is 5.56 Å². The Morgan fingerprint density at radius 3 is 2.65 bits per heavy atom. The Balaban J connectivity index is 1.88. The quantitative estimate of drug-likeness (QED) is 0.835. The lowest BCUT2D eigenvalue weighted by molar-refractivity contribution is -0.120. The number of nitriles is 1. The Morgan fingerprint density at radius 2 is 1.90 bits per heavy atom. The Morgan fingerprint density at radius 1 is 1.20 bits per heavy atom. The predicted molar refractivity (Wildman–Crippen MR) is 77.5 cm³/mol. The maximum atomic E-state index is 12.6. The van der Waals surface area contributed by atoms with Gasteiger partial charge in [-0.15, -0.1) is 0 Å². The van der Waals surface area contributed by atoms with Gasteiger partial charge < -0.3 is 4.90 Å². The second-order valence-electron chi connectivity index (χ2n) is 4.98. The highest BCUT2D eigenvalue weighted by molar-refractivity contribution is 6.00. The van der Waals surface area contributed by atoms with Gasteiger partial charge in [-0.25, -0.2) is 0 Å². The maximum absolute atomic E-state index is 12.6. The number of amides is 1. The molecule has 2 aromatic carbocycles. The Labute approximate surface area is 118 Å². The molecular formula is C17H14N2O. The third-order valence-corrected chi connectivity index (χ3v) is 3.87. The highest BCUT2D eigenvalue weighted by Gasteiger charge is 2.34. The summed E-state index contributed by atoms with van der Waals surface area (Å²) < 4.78 is 0. The Hall–Kier alpha value is -2.60. The summed E-state index contributed by atoms with van der Waals surface area (Å²) in [6.45, 7) is 0. The number of anilines is 1. The number of rotatable bonds is 2. The third kappa shape index (κ3) is 1.86. The van der Waals surface area contributed by atoms with Crippen molar-refractivity contribution in [3.05, 3.63) is 65.2 Å². The van der Waals surface area contributed by atoms with E-state index in [0.717, 1.165) is 12.0 Å². The van der Waals surface area contributed by atoms with Gasteiger partial charge in [0.1, 0.15) is 6.07 Å². The van der Waals surface area contributed by atoms with E-state index in [1.807, 2.05) is 24.3 Å². The Kier molecular flexibility index (Phi) is 3.00. The number of hydrogen-bond acceptors (Lipinski definition) is 2. The number of fused-ring (bicyclic) bond motifs is 1. The molecule has 0 aliphatic heterocycles. The molecule has 0 fully saturated rings. The van der Waals surface area contributed by atoms with Gasteiger partial charge in [-0.3, -0.25) is 4.79 Å². The van der Waals surface area contributed by atoms with Gasteiger partial charge in [0.15, 0.2) is 0 Å². The van der Waals surface area contributed by atoms with Crippen LogP contribution >= 0.6 is 0 Å². The molecule has 1 unspecified atom stereocenters. The summed E-state index contributed by atoms with van der Waals surface area (Å²) in [7, 11) is 1.74. The van der Waals surface area contributed by atoms with Crippen LogP contribution in [0.25, 0.3) is 0 Å². The fraction of sp³-hybridized carbons (Fsp3) is 0.176. The molecular weight excluding hydrogens is 248 g/mol. The van der Waals surface area contributed by atoms with Crippen LogP contribution in [0.15, 0.2) is 48.5 Å². The third-order valence-electron chi connectivity index (χ3n) is 3.87. The van der Waals surface area contributed by atoms with E-state index in [9.17, 15) is 4.79 Å². The molecule has 1 amide bonds. The molecule has 3 heteroatoms. The van der Waals surface area contributed by atoms with Crippen LogP contribution in [0.3, 0.4) is 0 Å². The molecule has 0 bridgehead atoms. The van der Waals surface area contributed by atoms with Crippen LogP contribution in [0.4, 0.5) is 5.69 Å². The molecule has 0 N–H and O–H groups in total. The highest BCUT2D eigenvalue weighted by Crippen LogP contribution is 2.37. The lowest BCUT2D eigenvalue weighted by Gasteiger charge is -2.32. The zero-order chi connectivity index (χ0) is 14.1. The average molecular weight is 262 g/mol. The van der Waals surface area contributed by atoms with E-state index in [-0.39, 0.29) is 11.8 Å². The number of carbonyl (C=O) groups excluding carboxylic acids is 1. The van der Waals surface area contributed by atoms with E-state index in [4.69, 9.17) is 5.26 Å². The van der Waals surface area contributed by atoms with Gasteiger partial charge in [-0.2, -0.15) is 5.26 Å². The molecule has 3 nitrogen and oxygen atoms in total. The number of nitrogens with zero attached hydrogens (tertiary/aromatic N) is 2. The summed E-state index contributed by atoms with van der Waals surface area (Å²) >= 11 is 0. The monoisotopic (exact) mass is 262 g/mol. The number of carbonyl (C=O) groups is 1. The second-order valence-corrected chi connectivity index (χ2v) is 4.98. The van der Waals surface area contributed by atoms with E-state index in [1.54, 1.807) is 30.1 Å². The fourth-order valence-electron chi connectivity index (χ4n) is 2.69. The standard InChI is InChI=1S/C17H14N2O/c1-19(16-9-5-3-7-13(16)11-18)17(20)15-10-12-6-2-4-8-14(12)15/h2-9,15H,10H2,1H3. The molecule has 2 aromatic rings. The van der Waals surface area contributed by atoms with Gasteiger partial charge in [-0.1, -0.05) is 36.4 Å². The molecule has 3 rings (SSSR count). The van der Waals surface area contributed by atoms with Crippen LogP contribution in [-0.2, 0) is 11.2 Å². The van der Waals surface area contributed by atoms with Crippen molar-refractivity contribution in [2.45, 2.75) is 12.3 Å². The molecule has 0 saturated carbocycles. The summed E-state index contributed by atoms with van der Waals surface area (Å²) in [4.78, 5) is 14.2. The lowest BCUT2D eigenvalue weighted by Crippen LogP contribution is -2.37. The van der Waals surface area contributed by atoms with Crippen LogP contribution in [0.5, 0.6) is 0 Å². The second kappa shape index (κ2) is 4.82. The molecule has 1 aliphatic carbocycles. The zero-order valence-corrected chi connectivity index (χ0v) is 11.2. The summed E-state index contributed by atoms with van der Waals surface area (Å²) in [6.07, 6.45) is 0.786. The van der Waals surface area contributed by atoms with Crippen LogP contribution in [0.2, 0.25) is 0 Å². The fourth-order valence-corrected chi connectivity index (χ4v) is 2.69. The smallest absolute Gasteiger partial charge is 0.234 e. The van der Waals surface area contributed by atoms with Crippen molar-refractivity contribution in [2.24, 2.45) is 0 Å². The normalized spacial score (nSPS) is 15.7. The van der Waals surface area contributed by atoms with Crippen molar-refractivity contribution in [1.29, 1.82) is 5.26 Å². The van der Waals surface area contributed by atoms with Crippen molar-refractivity contribution in [3.8, 4) is 6.07 Å². The topological polar surface area (TPSA) is 44.1 Å². The first-order valence-electron chi connectivity index (χ1n) is 6.57. The molecule has 20 heavy (non-hydrogen) atoms. The minimum absolute atomic E-state index is 0.0476. The van der Waals surface area contributed by atoms with E-state index < -0.39 is 0 Å². The van der Waals surface area contributed by atoms with Crippen molar-refractivity contribution in [3.63, 3.8) is 0 Å². The van der Waals surface area contributed by atoms with Crippen LogP contribution in [0.1, 0.15) is 22.6 Å². The number of likely N-dealkylation sites (N-methyl/N-ethyl adjacent to an activating group) is 1. The van der Waals surface area contributed by atoms with Gasteiger partial charge in [-0.05, 0) is 29.7 Å². The molecule has 0 spiro atoms. The lowest BCUT2D eigenvalue weighted by atomic mass is 9.77. The zero-order valence-electron chi connectivity index (χ0n) is 11.2. The molecule has 1 aliphatic rings. The van der Waals surface area contributed by atoms with Gasteiger partial charge in [0.25, 0.3) is 0 Å². The minimum Gasteiger partial charge on any atom is -0.314 e. The molecule has 0 saturated heterocycles. The van der Waals surface area contributed by atoms with Crippen molar-refractivity contribution >= 4 is 11.6 Å². The first-order valence-corrected chi connectivity index (χ1v) is 6.57. The Bertz CT molecular complexity index is 715. The summed E-state index contributed by atoms with van der Waals surface area (Å²) in [6, 6.07) is 17.3. The molecule has 98 valence electrons. The van der Waals surface area contributed by atoms with E-state index >= 15 is 0 Å². The van der Waals surface area contributed by atoms with Crippen molar-refractivity contribution in [1.82, 2.24) is 0 Å². The van der Waals surface area contributed by atoms with Gasteiger partial charge in [0, 0.05) is 7.05 Å². The van der Waals surface area contributed by atoms with Gasteiger partial charge in [0.2, 0.25) is 5.91 Å². The molecule has 0 radical (unpaired) electrons. The SMILES string of the molecule is CN(C(=O)C1Cc2ccccc21)c1ccccc1C#N. The van der Waals surface area contributed by atoms with Crippen LogP contribution in [-0.4, -0.2) is 13.0 Å². The first kappa shape index (κ1) is 12.4. The summed E-state index contributed by atoms with van der Waals surface area (Å²) in [5, 5.41) is 9.13. The number of benzene rings is 2. The largest absolute Gasteiger partial charge is 0.314 e. The molecule has 0 aromatic heterocycles. The van der Waals surface area contributed by atoms with Crippen LogP contribution < -0.4 is 4.90 Å². The number of para-hydroxylation sites is 1. The van der Waals surface area contributed by atoms with Gasteiger partial charge in [0.05, 0.1) is 17.2 Å². The maximum Gasteiger partial charge on any atom is 0.234 e. The minimum atomic E-state index is -0.0806. The van der Waals surface area contributed by atoms with Gasteiger partial charge >= 0.3 is 0 Å². The number of hydrogen-bond donors (Lipinski definition) is 0. The van der Waals surface area contributed by atoms with Crippen molar-refractivity contribution in [2.75, 3.05) is 11.9 Å². The molecule has 1 atom stereocenters. The van der Waals surface area contributed by atoms with Crippen molar-refractivity contribution < 1.29 is 4.79 Å². The van der Waals surface area contributed by atoms with E-state index in [2.05, 4.69) is 12.1 Å². The summed E-state index contributed by atoms with van der Waals surface area (Å²) in [5.41, 5.74) is 3.55. The van der Waals surface area contributed by atoms with E-state index in [0.29, 0.717) is 11.3 Å². The van der Waals surface area contributed by atoms with Crippen LogP contribution in [0, 0.1) is 11.3 Å². The predicted octanol–water partition coefficient (Wildman–Crippen LogP) is 2.86. The first-order chi connectivity index (χ1) is 9.72.